The molecule has 1 saturated carbocycles. The lowest BCUT2D eigenvalue weighted by atomic mass is 9.80. The number of hydrogen-bond donors (Lipinski definition) is 3. The quantitative estimate of drug-likeness (QED) is 0.753. The highest BCUT2D eigenvalue weighted by molar-refractivity contribution is 5.74. The lowest BCUT2D eigenvalue weighted by molar-refractivity contribution is 0.197. The van der Waals surface area contributed by atoms with E-state index in [9.17, 15) is 9.90 Å². The molecular formula is C18H29N3O2. The second-order valence-electron chi connectivity index (χ2n) is 6.93. The molecule has 0 unspecified atom stereocenters. The summed E-state index contributed by atoms with van der Waals surface area (Å²) in [5.41, 5.74) is 0.934. The van der Waals surface area contributed by atoms with Gasteiger partial charge in [-0.05, 0) is 49.7 Å². The van der Waals surface area contributed by atoms with Crippen LogP contribution in [0.1, 0.15) is 38.8 Å². The lowest BCUT2D eigenvalue weighted by Crippen LogP contribution is -2.48. The summed E-state index contributed by atoms with van der Waals surface area (Å²) in [7, 11) is 0. The molecule has 1 aliphatic carbocycles. The molecule has 5 nitrogen and oxygen atoms in total. The maximum Gasteiger partial charge on any atom is 0.315 e. The number of amides is 2. The monoisotopic (exact) mass is 319 g/mol. The Hall–Kier alpha value is -1.62. The predicted octanol–water partition coefficient (Wildman–Crippen LogP) is 2.36. The minimum absolute atomic E-state index is 0.0144. The molecule has 3 N–H and O–H groups in total. The van der Waals surface area contributed by atoms with E-state index in [2.05, 4.69) is 29.5 Å². The number of hydrogen-bond acceptors (Lipinski definition) is 3. The van der Waals surface area contributed by atoms with Gasteiger partial charge in [0.25, 0.3) is 0 Å². The number of nitrogens with one attached hydrogen (secondary N) is 2. The summed E-state index contributed by atoms with van der Waals surface area (Å²) in [6.45, 7) is 4.97. The molecule has 0 spiro atoms. The Balaban J connectivity index is 1.74. The fourth-order valence-electron chi connectivity index (χ4n) is 3.35. The summed E-state index contributed by atoms with van der Waals surface area (Å²) in [6.07, 6.45) is 5.80. The molecule has 2 rings (SSSR count). The van der Waals surface area contributed by atoms with Gasteiger partial charge in [0.05, 0.1) is 0 Å². The summed E-state index contributed by atoms with van der Waals surface area (Å²) >= 11 is 0. The molecular weight excluding hydrogens is 290 g/mol. The average Bonchev–Trinajstić information content (AvgIpc) is 2.55. The maximum absolute atomic E-state index is 12.1. The van der Waals surface area contributed by atoms with E-state index in [0.717, 1.165) is 18.0 Å². The summed E-state index contributed by atoms with van der Waals surface area (Å²) in [6, 6.07) is 5.87. The highest BCUT2D eigenvalue weighted by Gasteiger charge is 2.26. The number of nitrogens with zero attached hydrogens (tertiary/aromatic N) is 1. The summed E-state index contributed by atoms with van der Waals surface area (Å²) in [5.74, 6) is 1.26. The molecule has 1 fully saturated rings. The van der Waals surface area contributed by atoms with Crippen molar-refractivity contribution in [1.29, 1.82) is 0 Å². The van der Waals surface area contributed by atoms with Gasteiger partial charge >= 0.3 is 6.03 Å². The Morgan fingerprint density at radius 3 is 2.87 bits per heavy atom. The van der Waals surface area contributed by atoms with E-state index in [1.165, 1.54) is 12.8 Å². The molecule has 2 amide bonds. The average molecular weight is 319 g/mol. The number of aliphatic hydroxyl groups is 1. The third kappa shape index (κ3) is 5.82. The number of carbonyl (C=O) groups excluding carboxylic acids is 1. The van der Waals surface area contributed by atoms with Crippen LogP contribution in [-0.4, -0.2) is 35.3 Å². The molecule has 1 aromatic rings. The number of carbonyl (C=O) groups is 1. The molecule has 1 aliphatic rings. The van der Waals surface area contributed by atoms with Gasteiger partial charge in [-0.25, -0.2) is 4.79 Å². The number of aromatic nitrogens is 1. The van der Waals surface area contributed by atoms with E-state index < -0.39 is 0 Å². The van der Waals surface area contributed by atoms with E-state index in [1.807, 2.05) is 18.2 Å². The first kappa shape index (κ1) is 17.7. The van der Waals surface area contributed by atoms with Crippen molar-refractivity contribution >= 4 is 6.03 Å². The van der Waals surface area contributed by atoms with Crippen molar-refractivity contribution in [2.45, 2.75) is 45.6 Å². The zero-order valence-corrected chi connectivity index (χ0v) is 14.2. The van der Waals surface area contributed by atoms with Gasteiger partial charge in [0.1, 0.15) is 0 Å². The molecule has 1 aromatic heterocycles. The molecule has 0 aliphatic heterocycles. The van der Waals surface area contributed by atoms with E-state index in [1.54, 1.807) is 6.20 Å². The first-order valence-electron chi connectivity index (χ1n) is 8.63. The lowest BCUT2D eigenvalue weighted by Gasteiger charge is -2.33. The highest BCUT2D eigenvalue weighted by atomic mass is 16.3. The third-order valence-electron chi connectivity index (χ3n) is 4.78. The maximum atomic E-state index is 12.1. The zero-order valence-electron chi connectivity index (χ0n) is 14.2. The van der Waals surface area contributed by atoms with E-state index in [-0.39, 0.29) is 24.6 Å². The Kier molecular flexibility index (Phi) is 6.84. The topological polar surface area (TPSA) is 74.2 Å². The number of rotatable bonds is 6. The van der Waals surface area contributed by atoms with Crippen molar-refractivity contribution in [3.63, 3.8) is 0 Å². The summed E-state index contributed by atoms with van der Waals surface area (Å²) in [5, 5.41) is 15.5. The molecule has 128 valence electrons. The Morgan fingerprint density at radius 2 is 2.22 bits per heavy atom. The van der Waals surface area contributed by atoms with Gasteiger partial charge in [0, 0.05) is 37.0 Å². The van der Waals surface area contributed by atoms with Crippen LogP contribution < -0.4 is 10.6 Å². The largest absolute Gasteiger partial charge is 0.396 e. The van der Waals surface area contributed by atoms with Gasteiger partial charge in [-0.1, -0.05) is 19.9 Å². The van der Waals surface area contributed by atoms with Gasteiger partial charge in [0.2, 0.25) is 0 Å². The van der Waals surface area contributed by atoms with Crippen molar-refractivity contribution in [2.24, 2.45) is 17.8 Å². The molecule has 0 saturated heterocycles. The first-order valence-corrected chi connectivity index (χ1v) is 8.63. The van der Waals surface area contributed by atoms with Crippen LogP contribution in [0.5, 0.6) is 0 Å². The van der Waals surface area contributed by atoms with Crippen molar-refractivity contribution in [3.8, 4) is 0 Å². The Bertz CT molecular complexity index is 480. The number of pyridine rings is 1. The van der Waals surface area contributed by atoms with Crippen molar-refractivity contribution in [3.05, 3.63) is 30.1 Å². The van der Waals surface area contributed by atoms with Crippen LogP contribution in [0.2, 0.25) is 0 Å². The van der Waals surface area contributed by atoms with E-state index in [0.29, 0.717) is 18.9 Å². The van der Waals surface area contributed by atoms with Crippen LogP contribution in [-0.2, 0) is 6.42 Å². The highest BCUT2D eigenvalue weighted by Crippen LogP contribution is 2.28. The van der Waals surface area contributed by atoms with Crippen molar-refractivity contribution < 1.29 is 9.90 Å². The molecule has 23 heavy (non-hydrogen) atoms. The molecule has 5 heteroatoms. The van der Waals surface area contributed by atoms with Crippen LogP contribution >= 0.6 is 0 Å². The van der Waals surface area contributed by atoms with Gasteiger partial charge < -0.3 is 15.7 Å². The van der Waals surface area contributed by atoms with Gasteiger partial charge in [-0.3, -0.25) is 4.98 Å². The smallest absolute Gasteiger partial charge is 0.315 e. The second-order valence-corrected chi connectivity index (χ2v) is 6.93. The number of aliphatic hydroxyl groups excluding tert-OH is 1. The molecule has 0 aromatic carbocycles. The van der Waals surface area contributed by atoms with Crippen LogP contribution in [0.3, 0.4) is 0 Å². The normalized spacial score (nSPS) is 25.6. The Morgan fingerprint density at radius 1 is 1.39 bits per heavy atom. The summed E-state index contributed by atoms with van der Waals surface area (Å²) in [4.78, 5) is 16.4. The standard InChI is InChI=1S/C18H29N3O2/c1-13-6-7-17(14(2)9-13)21-18(23)20-11-15(12-22)10-16-5-3-4-8-19-16/h3-5,8,13-15,17,22H,6-7,9-12H2,1-2H3,(H2,20,21,23)/t13-,14-,15-,17+/m1/s1. The SMILES string of the molecule is C[C@@H]1CC[C@H](NC(=O)NC[C@H](CO)Cc2ccccn2)[C@H](C)C1. The third-order valence-corrected chi connectivity index (χ3v) is 4.78. The zero-order chi connectivity index (χ0) is 16.7. The summed E-state index contributed by atoms with van der Waals surface area (Å²) < 4.78 is 0. The fraction of sp³-hybridized carbons (Fsp3) is 0.667. The Labute approximate surface area is 138 Å². The fourth-order valence-corrected chi connectivity index (χ4v) is 3.35. The minimum Gasteiger partial charge on any atom is -0.396 e. The molecule has 4 atom stereocenters. The predicted molar refractivity (Wildman–Crippen MR) is 91.0 cm³/mol. The second kappa shape index (κ2) is 8.87. The minimum atomic E-state index is -0.129. The van der Waals surface area contributed by atoms with Crippen molar-refractivity contribution in [1.82, 2.24) is 15.6 Å². The molecule has 0 bridgehead atoms. The van der Waals surface area contributed by atoms with Crippen molar-refractivity contribution in [2.75, 3.05) is 13.2 Å². The van der Waals surface area contributed by atoms with E-state index in [4.69, 9.17) is 0 Å². The van der Waals surface area contributed by atoms with Crippen LogP contribution in [0.25, 0.3) is 0 Å². The van der Waals surface area contributed by atoms with Gasteiger partial charge in [0.15, 0.2) is 0 Å². The first-order chi connectivity index (χ1) is 11.1. The number of urea groups is 1. The van der Waals surface area contributed by atoms with Crippen LogP contribution in [0.15, 0.2) is 24.4 Å². The van der Waals surface area contributed by atoms with Crippen LogP contribution in [0.4, 0.5) is 4.79 Å². The molecule has 1 heterocycles. The molecule has 0 radical (unpaired) electrons. The van der Waals surface area contributed by atoms with Gasteiger partial charge in [-0.15, -0.1) is 0 Å². The van der Waals surface area contributed by atoms with E-state index >= 15 is 0 Å². The van der Waals surface area contributed by atoms with Crippen LogP contribution in [0, 0.1) is 17.8 Å². The van der Waals surface area contributed by atoms with Gasteiger partial charge in [-0.2, -0.15) is 0 Å².